The number of hydrogen-bond acceptors (Lipinski definition) is 5. The van der Waals surface area contributed by atoms with Crippen molar-refractivity contribution in [2.75, 3.05) is 11.9 Å². The molecule has 0 bridgehead atoms. The number of fused-ring (bicyclic) bond motifs is 1. The van der Waals surface area contributed by atoms with E-state index in [0.717, 1.165) is 5.56 Å². The third-order valence-electron chi connectivity index (χ3n) is 4.34. The molecule has 1 N–H and O–H groups in total. The standard InChI is InChI=1S/C23H18N2O4/c1-15-10-12-16(13-11-15)24-21(26)14-28-23(27)18-7-3-2-6-17(18)22-25-19-8-4-5-9-20(19)29-22/h2-13H,14H2,1H3,(H,24,26). The Labute approximate surface area is 167 Å². The van der Waals surface area contributed by atoms with Gasteiger partial charge in [0.25, 0.3) is 5.91 Å². The number of benzene rings is 3. The molecular formula is C23H18N2O4. The molecule has 6 heteroatoms. The van der Waals surface area contributed by atoms with Crippen LogP contribution in [0.15, 0.2) is 77.2 Å². The summed E-state index contributed by atoms with van der Waals surface area (Å²) in [6.07, 6.45) is 0. The number of rotatable bonds is 5. The Balaban J connectivity index is 1.47. The van der Waals surface area contributed by atoms with E-state index in [9.17, 15) is 9.59 Å². The van der Waals surface area contributed by atoms with Gasteiger partial charge in [0.1, 0.15) is 5.52 Å². The average Bonchev–Trinajstić information content (AvgIpc) is 3.18. The van der Waals surface area contributed by atoms with Gasteiger partial charge in [-0.2, -0.15) is 0 Å². The van der Waals surface area contributed by atoms with Crippen LogP contribution in [0, 0.1) is 6.92 Å². The number of carbonyl (C=O) groups excluding carboxylic acids is 2. The van der Waals surface area contributed by atoms with E-state index >= 15 is 0 Å². The molecule has 0 spiro atoms. The van der Waals surface area contributed by atoms with Crippen LogP contribution in [-0.2, 0) is 9.53 Å². The van der Waals surface area contributed by atoms with Crippen molar-refractivity contribution in [1.29, 1.82) is 0 Å². The predicted molar refractivity (Wildman–Crippen MR) is 110 cm³/mol. The molecule has 0 aliphatic rings. The number of oxazole rings is 1. The van der Waals surface area contributed by atoms with E-state index in [-0.39, 0.29) is 5.56 Å². The number of esters is 1. The number of ether oxygens (including phenoxy) is 1. The molecule has 3 aromatic carbocycles. The zero-order chi connectivity index (χ0) is 20.2. The van der Waals surface area contributed by atoms with Crippen molar-refractivity contribution in [3.63, 3.8) is 0 Å². The fourth-order valence-electron chi connectivity index (χ4n) is 2.88. The second kappa shape index (κ2) is 7.98. The van der Waals surface area contributed by atoms with Crippen molar-refractivity contribution in [1.82, 2.24) is 4.98 Å². The van der Waals surface area contributed by atoms with Crippen LogP contribution < -0.4 is 5.32 Å². The smallest absolute Gasteiger partial charge is 0.339 e. The molecule has 144 valence electrons. The van der Waals surface area contributed by atoms with Crippen LogP contribution in [0.2, 0.25) is 0 Å². The molecule has 0 aliphatic heterocycles. The summed E-state index contributed by atoms with van der Waals surface area (Å²) >= 11 is 0. The van der Waals surface area contributed by atoms with Crippen LogP contribution in [0.25, 0.3) is 22.6 Å². The summed E-state index contributed by atoms with van der Waals surface area (Å²) < 4.78 is 11.0. The Hall–Kier alpha value is -3.93. The van der Waals surface area contributed by atoms with Crippen LogP contribution in [0.1, 0.15) is 15.9 Å². The van der Waals surface area contributed by atoms with Gasteiger partial charge >= 0.3 is 5.97 Å². The largest absolute Gasteiger partial charge is 0.452 e. The molecule has 6 nitrogen and oxygen atoms in total. The number of aromatic nitrogens is 1. The second-order valence-corrected chi connectivity index (χ2v) is 6.52. The van der Waals surface area contributed by atoms with E-state index in [2.05, 4.69) is 10.3 Å². The fourth-order valence-corrected chi connectivity index (χ4v) is 2.88. The van der Waals surface area contributed by atoms with Crippen LogP contribution in [0.5, 0.6) is 0 Å². The first-order valence-corrected chi connectivity index (χ1v) is 9.09. The summed E-state index contributed by atoms with van der Waals surface area (Å²) in [5, 5.41) is 2.69. The van der Waals surface area contributed by atoms with Crippen molar-refractivity contribution < 1.29 is 18.7 Å². The summed E-state index contributed by atoms with van der Waals surface area (Å²) in [6.45, 7) is 1.57. The lowest BCUT2D eigenvalue weighted by Crippen LogP contribution is -2.21. The summed E-state index contributed by atoms with van der Waals surface area (Å²) in [7, 11) is 0. The van der Waals surface area contributed by atoms with Crippen LogP contribution in [-0.4, -0.2) is 23.5 Å². The molecule has 1 amide bonds. The lowest BCUT2D eigenvalue weighted by Gasteiger charge is -2.08. The van der Waals surface area contributed by atoms with E-state index < -0.39 is 18.5 Å². The number of aryl methyl sites for hydroxylation is 1. The number of carbonyl (C=O) groups is 2. The van der Waals surface area contributed by atoms with Crippen molar-refractivity contribution in [3.8, 4) is 11.5 Å². The van der Waals surface area contributed by atoms with Crippen LogP contribution in [0.3, 0.4) is 0 Å². The van der Waals surface area contributed by atoms with Gasteiger partial charge < -0.3 is 14.5 Å². The molecule has 0 atom stereocenters. The molecule has 0 radical (unpaired) electrons. The maximum absolute atomic E-state index is 12.6. The maximum atomic E-state index is 12.6. The van der Waals surface area contributed by atoms with Crippen LogP contribution in [0.4, 0.5) is 5.69 Å². The lowest BCUT2D eigenvalue weighted by molar-refractivity contribution is -0.119. The number of nitrogens with zero attached hydrogens (tertiary/aromatic N) is 1. The Morgan fingerprint density at radius 1 is 0.966 bits per heavy atom. The Bertz CT molecular complexity index is 1150. The molecule has 0 unspecified atom stereocenters. The first kappa shape index (κ1) is 18.4. The van der Waals surface area contributed by atoms with Gasteiger partial charge in [-0.25, -0.2) is 9.78 Å². The molecule has 0 saturated carbocycles. The van der Waals surface area contributed by atoms with Gasteiger partial charge in [0.15, 0.2) is 12.2 Å². The first-order chi connectivity index (χ1) is 14.1. The Kier molecular flexibility index (Phi) is 5.07. The fraction of sp³-hybridized carbons (Fsp3) is 0.0870. The topological polar surface area (TPSA) is 81.4 Å². The normalized spacial score (nSPS) is 10.7. The SMILES string of the molecule is Cc1ccc(NC(=O)COC(=O)c2ccccc2-c2nc3ccccc3o2)cc1. The molecule has 29 heavy (non-hydrogen) atoms. The van der Waals surface area contributed by atoms with E-state index in [1.807, 2.05) is 43.3 Å². The van der Waals surface area contributed by atoms with E-state index in [0.29, 0.717) is 28.2 Å². The number of nitrogens with one attached hydrogen (secondary N) is 1. The molecular weight excluding hydrogens is 368 g/mol. The highest BCUT2D eigenvalue weighted by atomic mass is 16.5. The minimum absolute atomic E-state index is 0.280. The molecule has 1 aromatic heterocycles. The number of para-hydroxylation sites is 2. The summed E-state index contributed by atoms with van der Waals surface area (Å²) in [5.74, 6) is -0.716. The Morgan fingerprint density at radius 3 is 2.48 bits per heavy atom. The van der Waals surface area contributed by atoms with Gasteiger partial charge in [-0.1, -0.05) is 42.0 Å². The molecule has 0 fully saturated rings. The highest BCUT2D eigenvalue weighted by molar-refractivity contribution is 5.99. The van der Waals surface area contributed by atoms with E-state index in [1.165, 1.54) is 0 Å². The van der Waals surface area contributed by atoms with Gasteiger partial charge in [0, 0.05) is 5.69 Å². The highest BCUT2D eigenvalue weighted by Gasteiger charge is 2.19. The summed E-state index contributed by atoms with van der Waals surface area (Å²) in [5.41, 5.74) is 3.84. The third kappa shape index (κ3) is 4.16. The highest BCUT2D eigenvalue weighted by Crippen LogP contribution is 2.27. The van der Waals surface area contributed by atoms with Crippen molar-refractivity contribution >= 4 is 28.7 Å². The van der Waals surface area contributed by atoms with Crippen molar-refractivity contribution in [2.45, 2.75) is 6.92 Å². The van der Waals surface area contributed by atoms with Crippen LogP contribution >= 0.6 is 0 Å². The van der Waals surface area contributed by atoms with Gasteiger partial charge in [-0.15, -0.1) is 0 Å². The minimum Gasteiger partial charge on any atom is -0.452 e. The molecule has 4 aromatic rings. The molecule has 4 rings (SSSR count). The molecule has 0 aliphatic carbocycles. The lowest BCUT2D eigenvalue weighted by atomic mass is 10.1. The monoisotopic (exact) mass is 386 g/mol. The maximum Gasteiger partial charge on any atom is 0.339 e. The quantitative estimate of drug-likeness (QED) is 0.507. The van der Waals surface area contributed by atoms with E-state index in [4.69, 9.17) is 9.15 Å². The van der Waals surface area contributed by atoms with Crippen molar-refractivity contribution in [3.05, 3.63) is 83.9 Å². The average molecular weight is 386 g/mol. The zero-order valence-electron chi connectivity index (χ0n) is 15.7. The molecule has 0 saturated heterocycles. The number of amides is 1. The van der Waals surface area contributed by atoms with Gasteiger partial charge in [0.2, 0.25) is 5.89 Å². The first-order valence-electron chi connectivity index (χ1n) is 9.09. The second-order valence-electron chi connectivity index (χ2n) is 6.52. The van der Waals surface area contributed by atoms with Gasteiger partial charge in [-0.05, 0) is 43.3 Å². The predicted octanol–water partition coefficient (Wildman–Crippen LogP) is 4.60. The molecule has 1 heterocycles. The van der Waals surface area contributed by atoms with E-state index in [1.54, 1.807) is 36.4 Å². The van der Waals surface area contributed by atoms with Gasteiger partial charge in [-0.3, -0.25) is 4.79 Å². The zero-order valence-corrected chi connectivity index (χ0v) is 15.7. The number of hydrogen-bond donors (Lipinski definition) is 1. The number of anilines is 1. The van der Waals surface area contributed by atoms with Crippen molar-refractivity contribution in [2.24, 2.45) is 0 Å². The minimum atomic E-state index is -0.623. The third-order valence-corrected chi connectivity index (χ3v) is 4.34. The van der Waals surface area contributed by atoms with Gasteiger partial charge in [0.05, 0.1) is 11.1 Å². The Morgan fingerprint density at radius 2 is 1.69 bits per heavy atom. The summed E-state index contributed by atoms with van der Waals surface area (Å²) in [6, 6.07) is 21.6. The summed E-state index contributed by atoms with van der Waals surface area (Å²) in [4.78, 5) is 29.1.